The first-order valence-electron chi connectivity index (χ1n) is 5.92. The van der Waals surface area contributed by atoms with E-state index >= 15 is 0 Å². The molecule has 0 spiro atoms. The summed E-state index contributed by atoms with van der Waals surface area (Å²) >= 11 is 0. The van der Waals surface area contributed by atoms with Crippen molar-refractivity contribution in [1.82, 2.24) is 9.55 Å². The summed E-state index contributed by atoms with van der Waals surface area (Å²) in [5, 5.41) is 0. The van der Waals surface area contributed by atoms with Gasteiger partial charge in [-0.15, -0.1) is 12.4 Å². The van der Waals surface area contributed by atoms with Gasteiger partial charge in [-0.3, -0.25) is 0 Å². The lowest BCUT2D eigenvalue weighted by Crippen LogP contribution is -2.09. The Morgan fingerprint density at radius 2 is 1.84 bits per heavy atom. The molecule has 0 unspecified atom stereocenters. The maximum Gasteiger partial charge on any atom is 0.123 e. The average molecular weight is 281 g/mol. The van der Waals surface area contributed by atoms with E-state index in [1.54, 1.807) is 12.5 Å². The van der Waals surface area contributed by atoms with E-state index in [-0.39, 0.29) is 23.6 Å². The SMILES string of the molecule is CC(C)(C)/C(=C\n1ccnc1)c1ccc(F)cc1.Cl. The first-order valence-corrected chi connectivity index (χ1v) is 5.92. The molecule has 1 aromatic carbocycles. The fourth-order valence-corrected chi connectivity index (χ4v) is 1.83. The van der Waals surface area contributed by atoms with Crippen molar-refractivity contribution in [1.29, 1.82) is 0 Å². The summed E-state index contributed by atoms with van der Waals surface area (Å²) < 4.78 is 14.9. The number of hydrogen-bond acceptors (Lipinski definition) is 1. The summed E-state index contributed by atoms with van der Waals surface area (Å²) in [5.41, 5.74) is 2.14. The summed E-state index contributed by atoms with van der Waals surface area (Å²) in [7, 11) is 0. The maximum absolute atomic E-state index is 13.0. The second-order valence-electron chi connectivity index (χ2n) is 5.31. The molecule has 1 aromatic heterocycles. The fourth-order valence-electron chi connectivity index (χ4n) is 1.83. The van der Waals surface area contributed by atoms with Crippen LogP contribution in [0, 0.1) is 11.2 Å². The van der Waals surface area contributed by atoms with Crippen LogP contribution >= 0.6 is 12.4 Å². The molecule has 0 amide bonds. The van der Waals surface area contributed by atoms with E-state index in [0.29, 0.717) is 0 Å². The van der Waals surface area contributed by atoms with Crippen molar-refractivity contribution < 1.29 is 4.39 Å². The van der Waals surface area contributed by atoms with E-state index in [0.717, 1.165) is 11.1 Å². The Kier molecular flexibility index (Phi) is 4.90. The standard InChI is InChI=1S/C15H17FN2.ClH/c1-15(2,3)14(10-18-9-8-17-11-18)12-4-6-13(16)7-5-12;/h4-11H,1-3H3;1H/b14-10-;. The molecule has 2 nitrogen and oxygen atoms in total. The highest BCUT2D eigenvalue weighted by Crippen LogP contribution is 2.34. The van der Waals surface area contributed by atoms with Crippen molar-refractivity contribution in [3.8, 4) is 0 Å². The Morgan fingerprint density at radius 1 is 1.21 bits per heavy atom. The Bertz CT molecular complexity index is 537. The smallest absolute Gasteiger partial charge is 0.123 e. The lowest BCUT2D eigenvalue weighted by Gasteiger charge is -2.23. The zero-order valence-electron chi connectivity index (χ0n) is 11.3. The van der Waals surface area contributed by atoms with Gasteiger partial charge in [0.1, 0.15) is 5.82 Å². The molecule has 0 saturated carbocycles. The average Bonchev–Trinajstić information content (AvgIpc) is 2.79. The Hall–Kier alpha value is -1.61. The van der Waals surface area contributed by atoms with Gasteiger partial charge in [-0.25, -0.2) is 9.37 Å². The van der Waals surface area contributed by atoms with Crippen molar-refractivity contribution in [2.75, 3.05) is 0 Å². The topological polar surface area (TPSA) is 17.8 Å². The molecule has 4 heteroatoms. The number of aromatic nitrogens is 2. The van der Waals surface area contributed by atoms with E-state index < -0.39 is 0 Å². The van der Waals surface area contributed by atoms with Crippen molar-refractivity contribution in [2.24, 2.45) is 5.41 Å². The van der Waals surface area contributed by atoms with E-state index in [2.05, 4.69) is 25.8 Å². The van der Waals surface area contributed by atoms with E-state index in [4.69, 9.17) is 0 Å². The van der Waals surface area contributed by atoms with Gasteiger partial charge in [0, 0.05) is 18.6 Å². The molecule has 102 valence electrons. The summed E-state index contributed by atoms with van der Waals surface area (Å²) in [6, 6.07) is 6.60. The first kappa shape index (κ1) is 15.4. The predicted molar refractivity (Wildman–Crippen MR) is 79.5 cm³/mol. The maximum atomic E-state index is 13.0. The summed E-state index contributed by atoms with van der Waals surface area (Å²) in [6.45, 7) is 6.41. The molecule has 0 aliphatic carbocycles. The zero-order chi connectivity index (χ0) is 13.2. The largest absolute Gasteiger partial charge is 0.313 e. The molecule has 0 N–H and O–H groups in total. The van der Waals surface area contributed by atoms with Gasteiger partial charge in [0.2, 0.25) is 0 Å². The van der Waals surface area contributed by atoms with Crippen LogP contribution in [0.3, 0.4) is 0 Å². The Morgan fingerprint density at radius 3 is 2.32 bits per heavy atom. The predicted octanol–water partition coefficient (Wildman–Crippen LogP) is 4.49. The van der Waals surface area contributed by atoms with Crippen molar-refractivity contribution in [3.63, 3.8) is 0 Å². The highest BCUT2D eigenvalue weighted by molar-refractivity contribution is 5.85. The third-order valence-corrected chi connectivity index (χ3v) is 2.77. The van der Waals surface area contributed by atoms with Gasteiger partial charge in [-0.1, -0.05) is 32.9 Å². The normalized spacial score (nSPS) is 12.1. The fraction of sp³-hybridized carbons (Fsp3) is 0.267. The molecule has 0 aliphatic rings. The molecule has 19 heavy (non-hydrogen) atoms. The first-order chi connectivity index (χ1) is 8.47. The van der Waals surface area contributed by atoms with Crippen LogP contribution in [0.15, 0.2) is 43.0 Å². The molecular weight excluding hydrogens is 263 g/mol. The highest BCUT2D eigenvalue weighted by atomic mass is 35.5. The number of nitrogens with zero attached hydrogens (tertiary/aromatic N) is 2. The van der Waals surface area contributed by atoms with E-state index in [1.807, 2.05) is 29.1 Å². The van der Waals surface area contributed by atoms with Crippen molar-refractivity contribution >= 4 is 24.2 Å². The number of halogens is 2. The monoisotopic (exact) mass is 280 g/mol. The van der Waals surface area contributed by atoms with Gasteiger partial charge >= 0.3 is 0 Å². The van der Waals surface area contributed by atoms with E-state index in [1.165, 1.54) is 12.1 Å². The molecule has 0 bridgehead atoms. The van der Waals surface area contributed by atoms with E-state index in [9.17, 15) is 4.39 Å². The molecule has 0 atom stereocenters. The third-order valence-electron chi connectivity index (χ3n) is 2.77. The van der Waals surface area contributed by atoms with Crippen LogP contribution in [0.5, 0.6) is 0 Å². The molecule has 0 aliphatic heterocycles. The minimum atomic E-state index is -0.213. The highest BCUT2D eigenvalue weighted by Gasteiger charge is 2.19. The van der Waals surface area contributed by atoms with Crippen LogP contribution in [0.25, 0.3) is 11.8 Å². The van der Waals surface area contributed by atoms with Crippen LogP contribution in [-0.4, -0.2) is 9.55 Å². The van der Waals surface area contributed by atoms with Gasteiger partial charge in [-0.05, 0) is 28.7 Å². The third kappa shape index (κ3) is 3.93. The van der Waals surface area contributed by atoms with Crippen LogP contribution in [0.2, 0.25) is 0 Å². The van der Waals surface area contributed by atoms with Crippen LogP contribution < -0.4 is 0 Å². The van der Waals surface area contributed by atoms with Gasteiger partial charge in [0.05, 0.1) is 6.33 Å². The Labute approximate surface area is 119 Å². The summed E-state index contributed by atoms with van der Waals surface area (Å²) in [6.07, 6.45) is 7.40. The molecule has 2 aromatic rings. The van der Waals surface area contributed by atoms with Gasteiger partial charge < -0.3 is 4.57 Å². The van der Waals surface area contributed by atoms with Gasteiger partial charge in [-0.2, -0.15) is 0 Å². The van der Waals surface area contributed by atoms with Crippen LogP contribution in [0.4, 0.5) is 4.39 Å². The van der Waals surface area contributed by atoms with Crippen molar-refractivity contribution in [2.45, 2.75) is 20.8 Å². The number of allylic oxidation sites excluding steroid dienone is 1. The summed E-state index contributed by atoms with van der Waals surface area (Å²) in [4.78, 5) is 4.02. The Balaban J connectivity index is 0.00000180. The number of imidazole rings is 1. The van der Waals surface area contributed by atoms with Gasteiger partial charge in [0.25, 0.3) is 0 Å². The molecule has 0 radical (unpaired) electrons. The minimum absolute atomic E-state index is 0. The van der Waals surface area contributed by atoms with Crippen LogP contribution in [-0.2, 0) is 0 Å². The quantitative estimate of drug-likeness (QED) is 0.793. The zero-order valence-corrected chi connectivity index (χ0v) is 12.1. The molecule has 0 fully saturated rings. The van der Waals surface area contributed by atoms with Crippen molar-refractivity contribution in [3.05, 3.63) is 54.4 Å². The molecular formula is C15H18ClFN2. The minimum Gasteiger partial charge on any atom is -0.313 e. The lowest BCUT2D eigenvalue weighted by molar-refractivity contribution is 0.567. The number of rotatable bonds is 2. The molecule has 1 heterocycles. The van der Waals surface area contributed by atoms with Crippen LogP contribution in [0.1, 0.15) is 26.3 Å². The molecule has 2 rings (SSSR count). The molecule has 0 saturated heterocycles. The van der Waals surface area contributed by atoms with Gasteiger partial charge in [0.15, 0.2) is 0 Å². The number of benzene rings is 1. The second-order valence-corrected chi connectivity index (χ2v) is 5.31. The second kappa shape index (κ2) is 6.02. The summed E-state index contributed by atoms with van der Waals surface area (Å²) in [5.74, 6) is -0.213. The lowest BCUT2D eigenvalue weighted by atomic mass is 9.82. The number of hydrogen-bond donors (Lipinski definition) is 0.